The van der Waals surface area contributed by atoms with Crippen LogP contribution >= 0.6 is 0 Å². The van der Waals surface area contributed by atoms with E-state index in [0.717, 1.165) is 38.8 Å². The highest BCUT2D eigenvalue weighted by Gasteiger charge is 2.47. The largest absolute Gasteiger partial charge is 0.339 e. The SMILES string of the molecule is O=C(c1cccc(N2C(=O)[C@H]3CC=CC[C@@H]3C2=O)c1)N1CCCCCC1. The summed E-state index contributed by atoms with van der Waals surface area (Å²) >= 11 is 0. The van der Waals surface area contributed by atoms with E-state index >= 15 is 0 Å². The second-order valence-electron chi connectivity index (χ2n) is 7.42. The minimum atomic E-state index is -0.252. The van der Waals surface area contributed by atoms with Crippen LogP contribution in [0, 0.1) is 11.8 Å². The van der Waals surface area contributed by atoms with Gasteiger partial charge in [-0.05, 0) is 43.9 Å². The normalized spacial score (nSPS) is 26.0. The molecule has 4 rings (SSSR count). The van der Waals surface area contributed by atoms with E-state index in [1.807, 2.05) is 17.1 Å². The summed E-state index contributed by atoms with van der Waals surface area (Å²) in [6, 6.07) is 6.99. The number of nitrogens with zero attached hydrogens (tertiary/aromatic N) is 2. The zero-order chi connectivity index (χ0) is 18.1. The molecule has 0 aromatic heterocycles. The molecule has 1 aromatic rings. The van der Waals surface area contributed by atoms with Crippen LogP contribution in [0.3, 0.4) is 0 Å². The van der Waals surface area contributed by atoms with E-state index in [9.17, 15) is 14.4 Å². The second-order valence-corrected chi connectivity index (χ2v) is 7.42. The van der Waals surface area contributed by atoms with Gasteiger partial charge in [-0.3, -0.25) is 19.3 Å². The number of carbonyl (C=O) groups is 3. The molecule has 0 bridgehead atoms. The van der Waals surface area contributed by atoms with E-state index in [4.69, 9.17) is 0 Å². The number of fused-ring (bicyclic) bond motifs is 1. The topological polar surface area (TPSA) is 57.7 Å². The summed E-state index contributed by atoms with van der Waals surface area (Å²) < 4.78 is 0. The first-order valence-corrected chi connectivity index (χ1v) is 9.59. The number of hydrogen-bond donors (Lipinski definition) is 0. The Kier molecular flexibility index (Phi) is 4.62. The summed E-state index contributed by atoms with van der Waals surface area (Å²) in [5, 5.41) is 0. The first kappa shape index (κ1) is 17.0. The standard InChI is InChI=1S/C21H24N2O3/c24-19(22-12-5-1-2-6-13-22)15-8-7-9-16(14-15)23-20(25)17-10-3-4-11-18(17)21(23)26/h3-4,7-9,14,17-18H,1-2,5-6,10-13H2/t17-,18-/m0/s1. The monoisotopic (exact) mass is 352 g/mol. The van der Waals surface area contributed by atoms with E-state index in [2.05, 4.69) is 0 Å². The Bertz CT molecular complexity index is 736. The van der Waals surface area contributed by atoms with Gasteiger partial charge in [0.2, 0.25) is 11.8 Å². The average Bonchev–Trinajstić information content (AvgIpc) is 2.86. The smallest absolute Gasteiger partial charge is 0.253 e. The minimum absolute atomic E-state index is 0.00747. The number of benzene rings is 1. The van der Waals surface area contributed by atoms with Gasteiger partial charge in [0.1, 0.15) is 0 Å². The molecule has 3 aliphatic rings. The third-order valence-electron chi connectivity index (χ3n) is 5.75. The molecule has 1 aromatic carbocycles. The first-order valence-electron chi connectivity index (χ1n) is 9.59. The van der Waals surface area contributed by atoms with Crippen molar-refractivity contribution >= 4 is 23.4 Å². The third kappa shape index (κ3) is 2.96. The Morgan fingerprint density at radius 3 is 2.12 bits per heavy atom. The van der Waals surface area contributed by atoms with Gasteiger partial charge in [-0.15, -0.1) is 0 Å². The van der Waals surface area contributed by atoms with E-state index in [1.165, 1.54) is 4.90 Å². The number of anilines is 1. The molecule has 3 amide bonds. The molecule has 0 radical (unpaired) electrons. The van der Waals surface area contributed by atoms with Crippen LogP contribution in [0.2, 0.25) is 0 Å². The summed E-state index contributed by atoms with van der Waals surface area (Å²) in [6.07, 6.45) is 9.60. The number of amides is 3. The maximum absolute atomic E-state index is 12.9. The van der Waals surface area contributed by atoms with Crippen molar-refractivity contribution < 1.29 is 14.4 Å². The van der Waals surface area contributed by atoms with E-state index in [-0.39, 0.29) is 29.6 Å². The molecule has 136 valence electrons. The van der Waals surface area contributed by atoms with Gasteiger partial charge in [-0.25, -0.2) is 0 Å². The molecule has 2 aliphatic heterocycles. The van der Waals surface area contributed by atoms with Gasteiger partial charge in [0.15, 0.2) is 0 Å². The maximum Gasteiger partial charge on any atom is 0.253 e. The van der Waals surface area contributed by atoms with Gasteiger partial charge in [0, 0.05) is 18.7 Å². The average molecular weight is 352 g/mol. The molecule has 0 saturated carbocycles. The van der Waals surface area contributed by atoms with Crippen LogP contribution in [-0.2, 0) is 9.59 Å². The van der Waals surface area contributed by atoms with Crippen LogP contribution in [0.15, 0.2) is 36.4 Å². The number of carbonyl (C=O) groups excluding carboxylic acids is 3. The van der Waals surface area contributed by atoms with Crippen molar-refractivity contribution in [2.45, 2.75) is 38.5 Å². The summed E-state index contributed by atoms with van der Waals surface area (Å²) in [6.45, 7) is 1.56. The van der Waals surface area contributed by atoms with Crippen LogP contribution in [0.1, 0.15) is 48.9 Å². The molecule has 2 saturated heterocycles. The van der Waals surface area contributed by atoms with E-state index < -0.39 is 0 Å². The fraction of sp³-hybridized carbons (Fsp3) is 0.476. The highest BCUT2D eigenvalue weighted by molar-refractivity contribution is 6.22. The van der Waals surface area contributed by atoms with Crippen LogP contribution in [0.5, 0.6) is 0 Å². The van der Waals surface area contributed by atoms with Crippen molar-refractivity contribution in [3.05, 3.63) is 42.0 Å². The van der Waals surface area contributed by atoms with Crippen molar-refractivity contribution in [1.82, 2.24) is 4.90 Å². The lowest BCUT2D eigenvalue weighted by Gasteiger charge is -2.21. The molecule has 0 spiro atoms. The van der Waals surface area contributed by atoms with E-state index in [0.29, 0.717) is 24.1 Å². The van der Waals surface area contributed by atoms with E-state index in [1.54, 1.807) is 24.3 Å². The van der Waals surface area contributed by atoms with Gasteiger partial charge >= 0.3 is 0 Å². The van der Waals surface area contributed by atoms with Gasteiger partial charge in [-0.1, -0.05) is 31.1 Å². The lowest BCUT2D eigenvalue weighted by Crippen LogP contribution is -2.33. The molecule has 2 heterocycles. The Balaban J connectivity index is 1.59. The Morgan fingerprint density at radius 2 is 1.50 bits per heavy atom. The van der Waals surface area contributed by atoms with Crippen molar-refractivity contribution in [1.29, 1.82) is 0 Å². The Labute approximate surface area is 153 Å². The quantitative estimate of drug-likeness (QED) is 0.607. The summed E-state index contributed by atoms with van der Waals surface area (Å²) in [5.41, 5.74) is 1.08. The molecule has 1 aliphatic carbocycles. The maximum atomic E-state index is 12.9. The lowest BCUT2D eigenvalue weighted by molar-refractivity contribution is -0.122. The van der Waals surface area contributed by atoms with Crippen molar-refractivity contribution in [3.63, 3.8) is 0 Å². The highest BCUT2D eigenvalue weighted by Crippen LogP contribution is 2.37. The molecule has 0 unspecified atom stereocenters. The molecule has 0 N–H and O–H groups in total. The summed E-state index contributed by atoms with van der Waals surface area (Å²) in [5.74, 6) is -0.783. The van der Waals surface area contributed by atoms with Crippen LogP contribution in [0.25, 0.3) is 0 Å². The summed E-state index contributed by atoms with van der Waals surface area (Å²) in [4.78, 5) is 41.6. The Hall–Kier alpha value is -2.43. The van der Waals surface area contributed by atoms with Gasteiger partial charge in [0.25, 0.3) is 5.91 Å². The molecule has 5 heteroatoms. The first-order chi connectivity index (χ1) is 12.7. The van der Waals surface area contributed by atoms with Crippen molar-refractivity contribution in [2.24, 2.45) is 11.8 Å². The van der Waals surface area contributed by atoms with Gasteiger partial charge in [0.05, 0.1) is 17.5 Å². The lowest BCUT2D eigenvalue weighted by atomic mass is 9.85. The molecular formula is C21H24N2O3. The molecule has 2 fully saturated rings. The molecular weight excluding hydrogens is 328 g/mol. The summed E-state index contributed by atoms with van der Waals surface area (Å²) in [7, 11) is 0. The van der Waals surface area contributed by atoms with Crippen LogP contribution in [-0.4, -0.2) is 35.7 Å². The predicted octanol–water partition coefficient (Wildman–Crippen LogP) is 3.16. The fourth-order valence-corrected chi connectivity index (χ4v) is 4.29. The second kappa shape index (κ2) is 7.06. The number of allylic oxidation sites excluding steroid dienone is 2. The number of rotatable bonds is 2. The molecule has 26 heavy (non-hydrogen) atoms. The fourth-order valence-electron chi connectivity index (χ4n) is 4.29. The minimum Gasteiger partial charge on any atom is -0.339 e. The highest BCUT2D eigenvalue weighted by atomic mass is 16.2. The zero-order valence-corrected chi connectivity index (χ0v) is 14.9. The number of likely N-dealkylation sites (tertiary alicyclic amines) is 1. The third-order valence-corrected chi connectivity index (χ3v) is 5.75. The van der Waals surface area contributed by atoms with Crippen molar-refractivity contribution in [3.8, 4) is 0 Å². The molecule has 5 nitrogen and oxygen atoms in total. The van der Waals surface area contributed by atoms with Crippen molar-refractivity contribution in [2.75, 3.05) is 18.0 Å². The van der Waals surface area contributed by atoms with Gasteiger partial charge < -0.3 is 4.90 Å². The predicted molar refractivity (Wildman–Crippen MR) is 98.7 cm³/mol. The molecule has 2 atom stereocenters. The number of imide groups is 1. The van der Waals surface area contributed by atoms with Gasteiger partial charge in [-0.2, -0.15) is 0 Å². The zero-order valence-electron chi connectivity index (χ0n) is 14.9. The Morgan fingerprint density at radius 1 is 0.885 bits per heavy atom. The van der Waals surface area contributed by atoms with Crippen LogP contribution in [0.4, 0.5) is 5.69 Å². The number of hydrogen-bond acceptors (Lipinski definition) is 3. The van der Waals surface area contributed by atoms with Crippen LogP contribution < -0.4 is 4.90 Å².